The molecule has 0 aliphatic carbocycles. The second-order valence-corrected chi connectivity index (χ2v) is 3.47. The second kappa shape index (κ2) is 3.43. The van der Waals surface area contributed by atoms with Gasteiger partial charge in [0.05, 0.1) is 5.01 Å². The van der Waals surface area contributed by atoms with Crippen LogP contribution in [-0.4, -0.2) is 16.5 Å². The quantitative estimate of drug-likeness (QED) is 0.509. The van der Waals surface area contributed by atoms with Gasteiger partial charge < -0.3 is 0 Å². The molecule has 0 amide bonds. The Morgan fingerprint density at radius 1 is 1.82 bits per heavy atom. The third-order valence-corrected chi connectivity index (χ3v) is 2.18. The molecule has 0 atom stereocenters. The Bertz CT molecular complexity index is 259. The van der Waals surface area contributed by atoms with Crippen LogP contribution in [-0.2, 0) is 6.42 Å². The summed E-state index contributed by atoms with van der Waals surface area (Å²) in [6, 6.07) is 0. The highest BCUT2D eigenvalue weighted by Crippen LogP contribution is 2.11. The van der Waals surface area contributed by atoms with E-state index in [4.69, 9.17) is 0 Å². The molecule has 5 heteroatoms. The van der Waals surface area contributed by atoms with Crippen LogP contribution in [0.2, 0.25) is 0 Å². The van der Waals surface area contributed by atoms with Gasteiger partial charge in [-0.25, -0.2) is 4.98 Å². The molecule has 0 aromatic carbocycles. The fraction of sp³-hybridized carbons (Fsp3) is 0.500. The van der Waals surface area contributed by atoms with E-state index in [1.165, 1.54) is 11.3 Å². The van der Waals surface area contributed by atoms with Crippen LogP contribution in [0.15, 0.2) is 6.20 Å². The van der Waals surface area contributed by atoms with E-state index in [2.05, 4.69) is 4.98 Å². The lowest BCUT2D eigenvalue weighted by Crippen LogP contribution is -2.02. The monoisotopic (exact) mass is 172 g/mol. The van der Waals surface area contributed by atoms with Crippen LogP contribution in [0.25, 0.3) is 0 Å². The van der Waals surface area contributed by atoms with E-state index in [0.717, 1.165) is 9.88 Å². The zero-order valence-corrected chi connectivity index (χ0v) is 6.93. The third kappa shape index (κ3) is 2.63. The van der Waals surface area contributed by atoms with E-state index in [9.17, 15) is 10.1 Å². The fourth-order valence-electron chi connectivity index (χ4n) is 0.722. The predicted molar refractivity (Wildman–Crippen MR) is 42.4 cm³/mol. The smallest absolute Gasteiger partial charge is 0.208 e. The molecule has 1 aromatic heterocycles. The number of thiazole rings is 1. The maximum Gasteiger partial charge on any atom is 0.208 e. The highest BCUT2D eigenvalue weighted by Gasteiger charge is 2.01. The van der Waals surface area contributed by atoms with Gasteiger partial charge in [-0.15, -0.1) is 11.3 Å². The molecule has 0 radical (unpaired) electrons. The minimum absolute atomic E-state index is 0.00162. The molecule has 11 heavy (non-hydrogen) atoms. The molecule has 1 rings (SSSR count). The Balaban J connectivity index is 2.45. The molecule has 0 unspecified atom stereocenters. The van der Waals surface area contributed by atoms with Gasteiger partial charge in [-0.05, 0) is 6.92 Å². The van der Waals surface area contributed by atoms with Crippen LogP contribution >= 0.6 is 11.3 Å². The van der Waals surface area contributed by atoms with E-state index in [1.807, 2.05) is 6.92 Å². The van der Waals surface area contributed by atoms with Crippen LogP contribution in [0.3, 0.4) is 0 Å². The minimum Gasteiger partial charge on any atom is -0.265 e. The molecule has 0 spiro atoms. The number of nitro groups is 1. The summed E-state index contributed by atoms with van der Waals surface area (Å²) in [7, 11) is 0. The van der Waals surface area contributed by atoms with Crippen molar-refractivity contribution in [3.63, 3.8) is 0 Å². The van der Waals surface area contributed by atoms with Crippen molar-refractivity contribution < 1.29 is 4.92 Å². The molecule has 0 fully saturated rings. The molecule has 0 aliphatic rings. The first kappa shape index (κ1) is 8.13. The normalized spacial score (nSPS) is 9.91. The average Bonchev–Trinajstić information content (AvgIpc) is 2.31. The summed E-state index contributed by atoms with van der Waals surface area (Å²) in [6.07, 6.45) is 2.20. The molecule has 0 saturated heterocycles. The number of hydrogen-bond donors (Lipinski definition) is 0. The molecule has 0 N–H and O–H groups in total. The first-order valence-corrected chi connectivity index (χ1v) is 4.03. The Labute approximate surface area is 68.0 Å². The number of nitrogens with zero attached hydrogens (tertiary/aromatic N) is 2. The minimum atomic E-state index is -0.310. The molecular weight excluding hydrogens is 164 g/mol. The fourth-order valence-corrected chi connectivity index (χ4v) is 1.51. The van der Waals surface area contributed by atoms with Gasteiger partial charge in [0.15, 0.2) is 0 Å². The zero-order valence-electron chi connectivity index (χ0n) is 6.11. The van der Waals surface area contributed by atoms with Crippen molar-refractivity contribution in [3.8, 4) is 0 Å². The molecule has 1 aromatic rings. The van der Waals surface area contributed by atoms with Crippen LogP contribution < -0.4 is 0 Å². The molecule has 1 heterocycles. The van der Waals surface area contributed by atoms with E-state index in [1.54, 1.807) is 6.20 Å². The van der Waals surface area contributed by atoms with Crippen molar-refractivity contribution >= 4 is 11.3 Å². The van der Waals surface area contributed by atoms with Gasteiger partial charge in [-0.2, -0.15) is 0 Å². The summed E-state index contributed by atoms with van der Waals surface area (Å²) >= 11 is 1.51. The Kier molecular flexibility index (Phi) is 2.53. The van der Waals surface area contributed by atoms with Crippen LogP contribution in [0.4, 0.5) is 0 Å². The van der Waals surface area contributed by atoms with Crippen molar-refractivity contribution in [2.24, 2.45) is 0 Å². The van der Waals surface area contributed by atoms with E-state index < -0.39 is 0 Å². The van der Waals surface area contributed by atoms with Gasteiger partial charge in [0.25, 0.3) is 0 Å². The highest BCUT2D eigenvalue weighted by molar-refractivity contribution is 7.11. The summed E-state index contributed by atoms with van der Waals surface area (Å²) in [5.74, 6) is 0. The molecule has 0 saturated carbocycles. The standard InChI is InChI=1S/C6H8N2O2S/c1-5-7-4-6(11-5)2-3-8(9)10/h4H,2-3H2,1H3. The van der Waals surface area contributed by atoms with E-state index in [0.29, 0.717) is 6.42 Å². The molecule has 0 aliphatic heterocycles. The summed E-state index contributed by atoms with van der Waals surface area (Å²) in [5.41, 5.74) is 0. The molecule has 4 nitrogen and oxygen atoms in total. The van der Waals surface area contributed by atoms with E-state index in [-0.39, 0.29) is 11.5 Å². The highest BCUT2D eigenvalue weighted by atomic mass is 32.1. The van der Waals surface area contributed by atoms with Crippen molar-refractivity contribution in [1.82, 2.24) is 4.98 Å². The van der Waals surface area contributed by atoms with Gasteiger partial charge >= 0.3 is 0 Å². The maximum atomic E-state index is 9.97. The Morgan fingerprint density at radius 2 is 2.55 bits per heavy atom. The van der Waals surface area contributed by atoms with Gasteiger partial charge in [-0.1, -0.05) is 0 Å². The van der Waals surface area contributed by atoms with Gasteiger partial charge in [0.2, 0.25) is 6.54 Å². The summed E-state index contributed by atoms with van der Waals surface area (Å²) in [6.45, 7) is 1.89. The summed E-state index contributed by atoms with van der Waals surface area (Å²) in [4.78, 5) is 14.6. The van der Waals surface area contributed by atoms with Crippen LogP contribution in [0, 0.1) is 17.0 Å². The van der Waals surface area contributed by atoms with Crippen molar-refractivity contribution in [1.29, 1.82) is 0 Å². The topological polar surface area (TPSA) is 56.0 Å². The number of rotatable bonds is 3. The number of hydrogen-bond acceptors (Lipinski definition) is 4. The second-order valence-electron chi connectivity index (χ2n) is 2.15. The van der Waals surface area contributed by atoms with Crippen molar-refractivity contribution in [3.05, 3.63) is 26.2 Å². The molecule has 0 bridgehead atoms. The van der Waals surface area contributed by atoms with Crippen molar-refractivity contribution in [2.75, 3.05) is 6.54 Å². The molecule has 60 valence electrons. The number of aromatic nitrogens is 1. The summed E-state index contributed by atoms with van der Waals surface area (Å²) < 4.78 is 0. The van der Waals surface area contributed by atoms with E-state index >= 15 is 0 Å². The third-order valence-electron chi connectivity index (χ3n) is 1.21. The molecular formula is C6H8N2O2S. The lowest BCUT2D eigenvalue weighted by atomic mass is 10.4. The van der Waals surface area contributed by atoms with Crippen LogP contribution in [0.5, 0.6) is 0 Å². The maximum absolute atomic E-state index is 9.97. The average molecular weight is 172 g/mol. The SMILES string of the molecule is Cc1ncc(CC[N+](=O)[O-])s1. The predicted octanol–water partition coefficient (Wildman–Crippen LogP) is 1.27. The lowest BCUT2D eigenvalue weighted by molar-refractivity contribution is -0.479. The lowest BCUT2D eigenvalue weighted by Gasteiger charge is -1.87. The largest absolute Gasteiger partial charge is 0.265 e. The Hall–Kier alpha value is -0.970. The van der Waals surface area contributed by atoms with Gasteiger partial charge in [0.1, 0.15) is 0 Å². The van der Waals surface area contributed by atoms with Crippen molar-refractivity contribution in [2.45, 2.75) is 13.3 Å². The zero-order chi connectivity index (χ0) is 8.27. The first-order valence-electron chi connectivity index (χ1n) is 3.21. The van der Waals surface area contributed by atoms with Gasteiger partial charge in [0, 0.05) is 22.4 Å². The van der Waals surface area contributed by atoms with Gasteiger partial charge in [-0.3, -0.25) is 10.1 Å². The number of aryl methyl sites for hydroxylation is 1. The van der Waals surface area contributed by atoms with Crippen LogP contribution in [0.1, 0.15) is 9.88 Å². The summed E-state index contributed by atoms with van der Waals surface area (Å²) in [5, 5.41) is 10.9. The first-order chi connectivity index (χ1) is 5.18. The Morgan fingerprint density at radius 3 is 3.00 bits per heavy atom.